The number of carbonyl (C=O) groups is 1. The SMILES string of the molecule is CC(O)[C@@H](N)c1nnc([C@H](C)CC(N)=O)o1. The fourth-order valence-corrected chi connectivity index (χ4v) is 1.18. The van der Waals surface area contributed by atoms with Gasteiger partial charge in [-0.05, 0) is 6.92 Å². The summed E-state index contributed by atoms with van der Waals surface area (Å²) in [6.07, 6.45) is -0.648. The molecule has 7 nitrogen and oxygen atoms in total. The molecule has 0 aliphatic rings. The zero-order valence-corrected chi connectivity index (χ0v) is 9.25. The number of rotatable bonds is 5. The maximum atomic E-state index is 10.7. The van der Waals surface area contributed by atoms with Crippen LogP contribution < -0.4 is 11.5 Å². The van der Waals surface area contributed by atoms with Gasteiger partial charge in [-0.3, -0.25) is 4.79 Å². The fraction of sp³-hybridized carbons (Fsp3) is 0.667. The third-order valence-electron chi connectivity index (χ3n) is 2.19. The predicted molar refractivity (Wildman–Crippen MR) is 55.1 cm³/mol. The van der Waals surface area contributed by atoms with Crippen LogP contribution >= 0.6 is 0 Å². The van der Waals surface area contributed by atoms with Crippen molar-refractivity contribution < 1.29 is 14.3 Å². The normalized spacial score (nSPS) is 16.8. The molecule has 1 heterocycles. The highest BCUT2D eigenvalue weighted by atomic mass is 16.4. The Morgan fingerprint density at radius 2 is 2.00 bits per heavy atom. The van der Waals surface area contributed by atoms with Gasteiger partial charge in [0.15, 0.2) is 0 Å². The second-order valence-electron chi connectivity index (χ2n) is 3.82. The third-order valence-corrected chi connectivity index (χ3v) is 2.19. The predicted octanol–water partition coefficient (Wildman–Crippen LogP) is -0.571. The standard InChI is InChI=1S/C9H16N4O3/c1-4(3-6(10)15)8-12-13-9(16-8)7(11)5(2)14/h4-5,7,14H,3,11H2,1-2H3,(H2,10,15)/t4-,5?,7-/m1/s1. The molecule has 1 aromatic rings. The van der Waals surface area contributed by atoms with Crippen LogP contribution in [-0.2, 0) is 4.79 Å². The molecule has 1 aromatic heterocycles. The first-order valence-corrected chi connectivity index (χ1v) is 4.97. The average molecular weight is 228 g/mol. The minimum atomic E-state index is -0.778. The topological polar surface area (TPSA) is 128 Å². The molecule has 0 bridgehead atoms. The van der Waals surface area contributed by atoms with Crippen molar-refractivity contribution >= 4 is 5.91 Å². The summed E-state index contributed by atoms with van der Waals surface area (Å²) in [4.78, 5) is 10.7. The molecule has 1 unspecified atom stereocenters. The van der Waals surface area contributed by atoms with E-state index >= 15 is 0 Å². The van der Waals surface area contributed by atoms with Gasteiger partial charge in [0.2, 0.25) is 17.7 Å². The highest BCUT2D eigenvalue weighted by molar-refractivity contribution is 5.74. The quantitative estimate of drug-likeness (QED) is 0.619. The molecule has 0 aliphatic heterocycles. The van der Waals surface area contributed by atoms with Gasteiger partial charge in [0.25, 0.3) is 0 Å². The molecule has 1 rings (SSSR count). The van der Waals surface area contributed by atoms with Crippen LogP contribution in [0.15, 0.2) is 4.42 Å². The number of hydrogen-bond donors (Lipinski definition) is 3. The monoisotopic (exact) mass is 228 g/mol. The van der Waals surface area contributed by atoms with Gasteiger partial charge in [-0.15, -0.1) is 10.2 Å². The van der Waals surface area contributed by atoms with Gasteiger partial charge in [-0.1, -0.05) is 6.92 Å². The maximum absolute atomic E-state index is 10.7. The minimum absolute atomic E-state index is 0.131. The van der Waals surface area contributed by atoms with E-state index in [1.54, 1.807) is 6.92 Å². The lowest BCUT2D eigenvalue weighted by Gasteiger charge is -2.09. The van der Waals surface area contributed by atoms with Crippen LogP contribution in [0.5, 0.6) is 0 Å². The van der Waals surface area contributed by atoms with Crippen molar-refractivity contribution in [2.45, 2.75) is 38.3 Å². The van der Waals surface area contributed by atoms with Crippen LogP contribution in [-0.4, -0.2) is 27.3 Å². The summed E-state index contributed by atoms with van der Waals surface area (Å²) in [5.74, 6) is -0.238. The Labute approximate surface area is 92.8 Å². The molecular formula is C9H16N4O3. The van der Waals surface area contributed by atoms with Crippen molar-refractivity contribution in [2.75, 3.05) is 0 Å². The van der Waals surface area contributed by atoms with Crippen LogP contribution in [0.25, 0.3) is 0 Å². The number of aliphatic hydroxyl groups excluding tert-OH is 1. The molecule has 90 valence electrons. The van der Waals surface area contributed by atoms with Crippen LogP contribution in [0.3, 0.4) is 0 Å². The number of amides is 1. The van der Waals surface area contributed by atoms with Gasteiger partial charge in [0.05, 0.1) is 6.10 Å². The number of aromatic nitrogens is 2. The molecule has 5 N–H and O–H groups in total. The summed E-state index contributed by atoms with van der Waals surface area (Å²) < 4.78 is 5.25. The average Bonchev–Trinajstić information content (AvgIpc) is 2.63. The molecular weight excluding hydrogens is 212 g/mol. The smallest absolute Gasteiger partial charge is 0.235 e. The van der Waals surface area contributed by atoms with E-state index in [-0.39, 0.29) is 18.2 Å². The second kappa shape index (κ2) is 5.04. The first-order chi connectivity index (χ1) is 7.41. The Morgan fingerprint density at radius 3 is 2.50 bits per heavy atom. The lowest BCUT2D eigenvalue weighted by molar-refractivity contribution is -0.118. The molecule has 0 aromatic carbocycles. The summed E-state index contributed by atoms with van der Waals surface area (Å²) in [6.45, 7) is 3.28. The second-order valence-corrected chi connectivity index (χ2v) is 3.82. The molecule has 0 radical (unpaired) electrons. The van der Waals surface area contributed by atoms with Crippen molar-refractivity contribution in [3.8, 4) is 0 Å². The van der Waals surface area contributed by atoms with Crippen LogP contribution in [0, 0.1) is 0 Å². The van der Waals surface area contributed by atoms with Gasteiger partial charge in [0.1, 0.15) is 6.04 Å². The first-order valence-electron chi connectivity index (χ1n) is 4.97. The van der Waals surface area contributed by atoms with E-state index in [1.807, 2.05) is 0 Å². The van der Waals surface area contributed by atoms with Gasteiger partial charge in [-0.25, -0.2) is 0 Å². The summed E-state index contributed by atoms with van der Waals surface area (Å²) in [5, 5.41) is 16.7. The summed E-state index contributed by atoms with van der Waals surface area (Å²) in [7, 11) is 0. The fourth-order valence-electron chi connectivity index (χ4n) is 1.18. The number of nitrogens with zero attached hydrogens (tertiary/aromatic N) is 2. The number of primary amides is 1. The highest BCUT2D eigenvalue weighted by Gasteiger charge is 2.22. The van der Waals surface area contributed by atoms with Crippen molar-refractivity contribution in [1.82, 2.24) is 10.2 Å². The molecule has 0 saturated carbocycles. The van der Waals surface area contributed by atoms with Crippen LogP contribution in [0.2, 0.25) is 0 Å². The van der Waals surface area contributed by atoms with E-state index in [4.69, 9.17) is 15.9 Å². The molecule has 7 heteroatoms. The molecule has 16 heavy (non-hydrogen) atoms. The zero-order valence-electron chi connectivity index (χ0n) is 9.25. The van der Waals surface area contributed by atoms with Crippen molar-refractivity contribution in [3.05, 3.63) is 11.8 Å². The van der Waals surface area contributed by atoms with E-state index in [2.05, 4.69) is 10.2 Å². The molecule has 0 fully saturated rings. The summed E-state index contributed by atoms with van der Waals surface area (Å²) in [6, 6.07) is -0.720. The van der Waals surface area contributed by atoms with Gasteiger partial charge in [0, 0.05) is 12.3 Å². The molecule has 3 atom stereocenters. The van der Waals surface area contributed by atoms with Crippen LogP contribution in [0.4, 0.5) is 0 Å². The Kier molecular flexibility index (Phi) is 3.97. The molecule has 0 spiro atoms. The summed E-state index contributed by atoms with van der Waals surface area (Å²) in [5.41, 5.74) is 10.7. The van der Waals surface area contributed by atoms with E-state index in [1.165, 1.54) is 6.92 Å². The highest BCUT2D eigenvalue weighted by Crippen LogP contribution is 2.20. The van der Waals surface area contributed by atoms with E-state index in [0.29, 0.717) is 5.89 Å². The molecule has 1 amide bonds. The lowest BCUT2D eigenvalue weighted by atomic mass is 10.1. The van der Waals surface area contributed by atoms with Crippen molar-refractivity contribution in [3.63, 3.8) is 0 Å². The number of aliphatic hydroxyl groups is 1. The first kappa shape index (κ1) is 12.6. The Bertz CT molecular complexity index is 363. The Balaban J connectivity index is 2.74. The van der Waals surface area contributed by atoms with E-state index in [9.17, 15) is 9.90 Å². The van der Waals surface area contributed by atoms with Gasteiger partial charge in [-0.2, -0.15) is 0 Å². The number of hydrogen-bond acceptors (Lipinski definition) is 6. The number of nitrogens with two attached hydrogens (primary N) is 2. The largest absolute Gasteiger partial charge is 0.423 e. The maximum Gasteiger partial charge on any atom is 0.235 e. The lowest BCUT2D eigenvalue weighted by Crippen LogP contribution is -2.23. The minimum Gasteiger partial charge on any atom is -0.423 e. The number of carbonyl (C=O) groups excluding carboxylic acids is 1. The van der Waals surface area contributed by atoms with Gasteiger partial charge < -0.3 is 21.0 Å². The van der Waals surface area contributed by atoms with Crippen LogP contribution in [0.1, 0.15) is 44.0 Å². The zero-order chi connectivity index (χ0) is 12.3. The van der Waals surface area contributed by atoms with Crippen molar-refractivity contribution in [1.29, 1.82) is 0 Å². The Morgan fingerprint density at radius 1 is 1.44 bits per heavy atom. The molecule has 0 aliphatic carbocycles. The summed E-state index contributed by atoms with van der Waals surface area (Å²) >= 11 is 0. The van der Waals surface area contributed by atoms with Gasteiger partial charge >= 0.3 is 0 Å². The van der Waals surface area contributed by atoms with E-state index < -0.39 is 18.1 Å². The Hall–Kier alpha value is -1.47. The molecule has 0 saturated heterocycles. The van der Waals surface area contributed by atoms with E-state index in [0.717, 1.165) is 0 Å². The van der Waals surface area contributed by atoms with Crippen molar-refractivity contribution in [2.24, 2.45) is 11.5 Å². The third kappa shape index (κ3) is 3.01.